The lowest BCUT2D eigenvalue weighted by atomic mass is 9.87. The smallest absolute Gasteiger partial charge is 0.101 e. The van der Waals surface area contributed by atoms with Crippen LogP contribution in [0.2, 0.25) is 0 Å². The van der Waals surface area contributed by atoms with Crippen LogP contribution < -0.4 is 9.80 Å². The van der Waals surface area contributed by atoms with Crippen molar-refractivity contribution >= 4 is 108 Å². The zero-order valence-corrected chi connectivity index (χ0v) is 43.9. The lowest BCUT2D eigenvalue weighted by Crippen LogP contribution is -2.13. The molecule has 12 rings (SSSR count). The molecule has 2 heterocycles. The van der Waals surface area contributed by atoms with Crippen LogP contribution in [-0.4, -0.2) is 0 Å². The fourth-order valence-electron chi connectivity index (χ4n) is 10.5. The van der Waals surface area contributed by atoms with E-state index in [1.807, 2.05) is 12.1 Å². The van der Waals surface area contributed by atoms with Crippen molar-refractivity contribution in [3.63, 3.8) is 0 Å². The molecule has 0 fully saturated rings. The van der Waals surface area contributed by atoms with Gasteiger partial charge in [0.2, 0.25) is 0 Å². The molecule has 0 aliphatic rings. The van der Waals surface area contributed by atoms with Gasteiger partial charge in [-0.3, -0.25) is 0 Å². The van der Waals surface area contributed by atoms with Crippen molar-refractivity contribution in [2.45, 2.75) is 52.4 Å². The van der Waals surface area contributed by atoms with Gasteiger partial charge in [-0.1, -0.05) is 163 Å². The number of nitriles is 2. The molecule has 4 nitrogen and oxygen atoms in total. The van der Waals surface area contributed by atoms with Crippen molar-refractivity contribution in [2.24, 2.45) is 0 Å². The van der Waals surface area contributed by atoms with E-state index in [1.165, 1.54) is 22.3 Å². The van der Waals surface area contributed by atoms with Crippen molar-refractivity contribution in [3.05, 3.63) is 229 Å². The summed E-state index contributed by atoms with van der Waals surface area (Å²) in [4.78, 5) is 4.63. The highest BCUT2D eigenvalue weighted by Crippen LogP contribution is 2.48. The number of hydrogen-bond acceptors (Lipinski definition) is 6. The van der Waals surface area contributed by atoms with Gasteiger partial charge >= 0.3 is 0 Å². The Balaban J connectivity index is 0.972. The quantitative estimate of drug-likeness (QED) is 0.152. The molecule has 0 N–H and O–H groups in total. The fourth-order valence-corrected chi connectivity index (χ4v) is 12.9. The molecule has 0 unspecified atom stereocenters. The van der Waals surface area contributed by atoms with Crippen LogP contribution in [0.25, 0.3) is 73.4 Å². The van der Waals surface area contributed by atoms with Crippen LogP contribution in [0.1, 0.15) is 63.8 Å². The first kappa shape index (κ1) is 46.5. The molecule has 6 heteroatoms. The van der Waals surface area contributed by atoms with E-state index >= 15 is 0 Å². The molecule has 0 spiro atoms. The lowest BCUT2D eigenvalue weighted by molar-refractivity contribution is 0.590. The summed E-state index contributed by atoms with van der Waals surface area (Å²) in [6.07, 6.45) is 0. The number of anilines is 6. The molecule has 0 amide bonds. The molecule has 0 atom stereocenters. The molecule has 0 saturated heterocycles. The molecule has 74 heavy (non-hydrogen) atoms. The maximum absolute atomic E-state index is 11.1. The maximum Gasteiger partial charge on any atom is 0.101 e. The van der Waals surface area contributed by atoms with Gasteiger partial charge in [-0.25, -0.2) is 0 Å². The Morgan fingerprint density at radius 2 is 0.676 bits per heavy atom. The van der Waals surface area contributed by atoms with Gasteiger partial charge < -0.3 is 9.80 Å². The first-order valence-electron chi connectivity index (χ1n) is 25.1. The third kappa shape index (κ3) is 8.23. The lowest BCUT2D eigenvalue weighted by Gasteiger charge is -2.27. The van der Waals surface area contributed by atoms with Gasteiger partial charge in [-0.15, -0.1) is 22.7 Å². The highest BCUT2D eigenvalue weighted by atomic mass is 32.1. The van der Waals surface area contributed by atoms with Crippen LogP contribution in [0.4, 0.5) is 34.1 Å². The first-order valence-corrected chi connectivity index (χ1v) is 26.7. The van der Waals surface area contributed by atoms with Gasteiger partial charge in [-0.05, 0) is 135 Å². The third-order valence-electron chi connectivity index (χ3n) is 14.5. The summed E-state index contributed by atoms with van der Waals surface area (Å²) in [6.45, 7) is 13.5. The number of fused-ring (bicyclic) bond motifs is 7. The second-order valence-electron chi connectivity index (χ2n) is 21.2. The number of rotatable bonds is 8. The molecule has 10 aromatic carbocycles. The molecular weight excluding hydrogens is 937 g/mol. The van der Waals surface area contributed by atoms with Gasteiger partial charge in [0.1, 0.15) is 12.1 Å². The van der Waals surface area contributed by atoms with Crippen molar-refractivity contribution in [2.75, 3.05) is 9.80 Å². The summed E-state index contributed by atoms with van der Waals surface area (Å²) in [5.41, 5.74) is 14.6. The Labute approximate surface area is 440 Å². The van der Waals surface area contributed by atoms with Gasteiger partial charge in [-0.2, -0.15) is 10.5 Å². The van der Waals surface area contributed by atoms with Crippen molar-refractivity contribution in [1.29, 1.82) is 10.5 Å². The predicted molar refractivity (Wildman–Crippen MR) is 317 cm³/mol. The standard InChI is InChI=1S/C68H52N4S2/c1-67(2,3)48-21-29-52(30-22-48)71(50-25-17-45(18-26-50)43-13-9-7-10-14-43)54-33-35-56-58-37-47-38-59-57-36-34-55(40-63(57)74-66(59)61(42-70)64(47)60(41-69)65(58)73-62(56)39-54)72(53-31-23-49(24-32-53)68(4,5)6)51-27-19-46(20-28-51)44-15-11-8-12-16-44/h7-40H,1-6H3. The minimum atomic E-state index is 0.0225. The summed E-state index contributed by atoms with van der Waals surface area (Å²) in [5.74, 6) is 0. The zero-order chi connectivity index (χ0) is 50.9. The monoisotopic (exact) mass is 988 g/mol. The van der Waals surface area contributed by atoms with E-state index in [9.17, 15) is 10.5 Å². The second kappa shape index (κ2) is 18.2. The van der Waals surface area contributed by atoms with Gasteiger partial charge in [0, 0.05) is 70.5 Å². The molecule has 0 aliphatic carbocycles. The minimum Gasteiger partial charge on any atom is -0.310 e. The summed E-state index contributed by atoms with van der Waals surface area (Å²) in [6, 6.07) is 79.2. The van der Waals surface area contributed by atoms with Crippen molar-refractivity contribution < 1.29 is 0 Å². The fraction of sp³-hybridized carbons (Fsp3) is 0.118. The topological polar surface area (TPSA) is 54.1 Å². The molecule has 12 aromatic rings. The zero-order valence-electron chi connectivity index (χ0n) is 42.2. The summed E-state index contributed by atoms with van der Waals surface area (Å²) < 4.78 is 3.94. The largest absolute Gasteiger partial charge is 0.310 e. The van der Waals surface area contributed by atoms with Crippen LogP contribution >= 0.6 is 22.7 Å². The number of nitrogens with zero attached hydrogens (tertiary/aromatic N) is 4. The number of thiophene rings is 2. The molecule has 0 aliphatic heterocycles. The highest BCUT2D eigenvalue weighted by Gasteiger charge is 2.24. The molecular formula is C68H52N4S2. The van der Waals surface area contributed by atoms with Crippen LogP contribution in [0, 0.1) is 22.7 Å². The second-order valence-corrected chi connectivity index (χ2v) is 23.3. The Kier molecular flexibility index (Phi) is 11.4. The number of hydrogen-bond donors (Lipinski definition) is 0. The van der Waals surface area contributed by atoms with Gasteiger partial charge in [0.05, 0.1) is 20.5 Å². The Hall–Kier alpha value is -8.52. The van der Waals surface area contributed by atoms with E-state index in [0.717, 1.165) is 91.0 Å². The van der Waals surface area contributed by atoms with Crippen molar-refractivity contribution in [3.8, 4) is 34.4 Å². The summed E-state index contributed by atoms with van der Waals surface area (Å²) in [7, 11) is 0. The Morgan fingerprint density at radius 3 is 1.01 bits per heavy atom. The van der Waals surface area contributed by atoms with E-state index in [1.54, 1.807) is 22.7 Å². The first-order chi connectivity index (χ1) is 35.8. The molecule has 0 saturated carbocycles. The minimum absolute atomic E-state index is 0.0225. The maximum atomic E-state index is 11.1. The van der Waals surface area contributed by atoms with E-state index < -0.39 is 0 Å². The highest BCUT2D eigenvalue weighted by molar-refractivity contribution is 7.26. The van der Waals surface area contributed by atoms with Crippen LogP contribution in [-0.2, 0) is 10.8 Å². The Bertz CT molecular complexity index is 3910. The van der Waals surface area contributed by atoms with E-state index in [0.29, 0.717) is 16.5 Å². The molecule has 356 valence electrons. The predicted octanol–water partition coefficient (Wildman–Crippen LogP) is 20.2. The third-order valence-corrected chi connectivity index (χ3v) is 16.8. The van der Waals surface area contributed by atoms with Gasteiger partial charge in [0.25, 0.3) is 0 Å². The average Bonchev–Trinajstić information content (AvgIpc) is 4.00. The van der Waals surface area contributed by atoms with Crippen molar-refractivity contribution in [1.82, 2.24) is 0 Å². The normalized spacial score (nSPS) is 11.9. The SMILES string of the molecule is CC(C)(C)c1ccc(N(c2ccc(-c3ccccc3)cc2)c2ccc3c(c2)sc2c(C#N)c4c(C#N)c5sc6cc(N(c7ccc(-c8ccccc8)cc7)c7ccc(C(C)(C)C)cc7)ccc6c5cc4cc23)cc1. The van der Waals surface area contributed by atoms with E-state index in [-0.39, 0.29) is 10.8 Å². The van der Waals surface area contributed by atoms with Crippen LogP contribution in [0.3, 0.4) is 0 Å². The summed E-state index contributed by atoms with van der Waals surface area (Å²) in [5, 5.41) is 28.0. The molecule has 0 radical (unpaired) electrons. The van der Waals surface area contributed by atoms with Crippen LogP contribution in [0.5, 0.6) is 0 Å². The number of benzene rings is 10. The average molecular weight is 989 g/mol. The Morgan fingerprint density at radius 1 is 0.351 bits per heavy atom. The van der Waals surface area contributed by atoms with E-state index in [4.69, 9.17) is 0 Å². The van der Waals surface area contributed by atoms with Gasteiger partial charge in [0.15, 0.2) is 0 Å². The van der Waals surface area contributed by atoms with Crippen LogP contribution in [0.15, 0.2) is 206 Å². The van der Waals surface area contributed by atoms with E-state index in [2.05, 4.69) is 258 Å². The summed E-state index contributed by atoms with van der Waals surface area (Å²) >= 11 is 3.25. The molecule has 2 aromatic heterocycles. The molecule has 0 bridgehead atoms.